The van der Waals surface area contributed by atoms with Gasteiger partial charge in [0, 0.05) is 26.6 Å². The first-order chi connectivity index (χ1) is 14.2. The van der Waals surface area contributed by atoms with Crippen LogP contribution in [0.4, 0.5) is 13.2 Å². The fourth-order valence-electron chi connectivity index (χ4n) is 3.04. The fraction of sp³-hybridized carbons (Fsp3) is 0.474. The quantitative estimate of drug-likeness (QED) is 0.561. The van der Waals surface area contributed by atoms with Crippen LogP contribution < -0.4 is 10.6 Å². The zero-order valence-electron chi connectivity index (χ0n) is 16.8. The van der Waals surface area contributed by atoms with Crippen molar-refractivity contribution in [1.82, 2.24) is 30.3 Å². The van der Waals surface area contributed by atoms with Crippen LogP contribution in [0.5, 0.6) is 0 Å². The van der Waals surface area contributed by atoms with Crippen LogP contribution in [0, 0.1) is 0 Å². The lowest BCUT2D eigenvalue weighted by Crippen LogP contribution is -2.49. The normalized spacial score (nSPS) is 16.7. The van der Waals surface area contributed by atoms with E-state index in [0.29, 0.717) is 18.1 Å². The molecular weight excluding hydrogens is 399 g/mol. The zero-order valence-corrected chi connectivity index (χ0v) is 16.8. The minimum absolute atomic E-state index is 0.00131. The second-order valence-electron chi connectivity index (χ2n) is 7.24. The van der Waals surface area contributed by atoms with Crippen molar-refractivity contribution in [1.29, 1.82) is 0 Å². The summed E-state index contributed by atoms with van der Waals surface area (Å²) in [6.07, 6.45) is -1.36. The summed E-state index contributed by atoms with van der Waals surface area (Å²) in [6, 6.07) is 5.05. The molecule has 2 N–H and O–H groups in total. The average Bonchev–Trinajstić information content (AvgIpc) is 3.17. The molecule has 1 unspecified atom stereocenters. The van der Waals surface area contributed by atoms with E-state index < -0.39 is 11.7 Å². The smallest absolute Gasteiger partial charge is 0.352 e. The van der Waals surface area contributed by atoms with Crippen LogP contribution in [0.15, 0.2) is 35.6 Å². The number of aliphatic imine (C=N–C) groups is 1. The Morgan fingerprint density at radius 1 is 1.37 bits per heavy atom. The number of benzene rings is 1. The first-order valence-corrected chi connectivity index (χ1v) is 9.50. The highest BCUT2D eigenvalue weighted by Gasteiger charge is 2.30. The van der Waals surface area contributed by atoms with Gasteiger partial charge in [0.1, 0.15) is 12.2 Å². The Morgan fingerprint density at radius 2 is 2.17 bits per heavy atom. The number of carbonyl (C=O) groups is 1. The SMILES string of the molecule is CN(C)C(=O)CNC(=NCc1cccc(C(F)(F)F)c1)NC1CCc2ncnn2C1. The molecule has 0 fully saturated rings. The van der Waals surface area contributed by atoms with Gasteiger partial charge in [-0.3, -0.25) is 4.79 Å². The molecule has 1 atom stereocenters. The number of nitrogens with one attached hydrogen (secondary N) is 2. The highest BCUT2D eigenvalue weighted by molar-refractivity contribution is 5.86. The lowest BCUT2D eigenvalue weighted by molar-refractivity contribution is -0.137. The predicted octanol–water partition coefficient (Wildman–Crippen LogP) is 1.44. The third kappa shape index (κ3) is 5.71. The van der Waals surface area contributed by atoms with Gasteiger partial charge in [-0.15, -0.1) is 0 Å². The van der Waals surface area contributed by atoms with E-state index >= 15 is 0 Å². The molecule has 0 radical (unpaired) electrons. The third-order valence-electron chi connectivity index (χ3n) is 4.73. The highest BCUT2D eigenvalue weighted by atomic mass is 19.4. The monoisotopic (exact) mass is 423 g/mol. The zero-order chi connectivity index (χ0) is 21.7. The third-order valence-corrected chi connectivity index (χ3v) is 4.73. The lowest BCUT2D eigenvalue weighted by atomic mass is 10.1. The molecule has 1 aliphatic rings. The van der Waals surface area contributed by atoms with Crippen molar-refractivity contribution in [3.8, 4) is 0 Å². The van der Waals surface area contributed by atoms with E-state index in [0.717, 1.165) is 30.8 Å². The van der Waals surface area contributed by atoms with Crippen LogP contribution in [0.1, 0.15) is 23.4 Å². The Bertz CT molecular complexity index is 908. The van der Waals surface area contributed by atoms with Gasteiger partial charge in [0.05, 0.1) is 25.2 Å². The molecule has 0 saturated heterocycles. The van der Waals surface area contributed by atoms with Crippen molar-refractivity contribution in [2.45, 2.75) is 38.1 Å². The van der Waals surface area contributed by atoms with Gasteiger partial charge in [0.2, 0.25) is 5.91 Å². The van der Waals surface area contributed by atoms with E-state index in [4.69, 9.17) is 0 Å². The molecule has 11 heteroatoms. The van der Waals surface area contributed by atoms with E-state index in [1.54, 1.807) is 24.8 Å². The number of alkyl halides is 3. The number of likely N-dealkylation sites (N-methyl/N-ethyl adjacent to an activating group) is 1. The molecule has 1 aliphatic heterocycles. The topological polar surface area (TPSA) is 87.4 Å². The van der Waals surface area contributed by atoms with Gasteiger partial charge in [-0.2, -0.15) is 18.3 Å². The Morgan fingerprint density at radius 3 is 2.90 bits per heavy atom. The van der Waals surface area contributed by atoms with Crippen molar-refractivity contribution >= 4 is 11.9 Å². The summed E-state index contributed by atoms with van der Waals surface area (Å²) in [7, 11) is 3.29. The Kier molecular flexibility index (Phi) is 6.58. The molecule has 162 valence electrons. The molecule has 0 bridgehead atoms. The van der Waals surface area contributed by atoms with E-state index in [1.807, 2.05) is 0 Å². The molecule has 1 aromatic carbocycles. The number of halogens is 3. The second kappa shape index (κ2) is 9.14. The van der Waals surface area contributed by atoms with Crippen LogP contribution in [0.25, 0.3) is 0 Å². The van der Waals surface area contributed by atoms with Crippen molar-refractivity contribution in [3.63, 3.8) is 0 Å². The van der Waals surface area contributed by atoms with Gasteiger partial charge in [-0.05, 0) is 24.1 Å². The number of aromatic nitrogens is 3. The van der Waals surface area contributed by atoms with E-state index in [2.05, 4.69) is 25.7 Å². The minimum atomic E-state index is -4.41. The maximum atomic E-state index is 12.9. The summed E-state index contributed by atoms with van der Waals surface area (Å²) in [5.41, 5.74) is -0.293. The van der Waals surface area contributed by atoms with Crippen LogP contribution in [-0.4, -0.2) is 58.2 Å². The number of fused-ring (bicyclic) bond motifs is 1. The summed E-state index contributed by atoms with van der Waals surface area (Å²) >= 11 is 0. The van der Waals surface area contributed by atoms with Crippen LogP contribution in [-0.2, 0) is 30.5 Å². The van der Waals surface area contributed by atoms with Gasteiger partial charge in [-0.1, -0.05) is 12.1 Å². The molecular formula is C19H24F3N7O. The van der Waals surface area contributed by atoms with Crippen molar-refractivity contribution in [2.75, 3.05) is 20.6 Å². The fourth-order valence-corrected chi connectivity index (χ4v) is 3.04. The Balaban J connectivity index is 1.71. The lowest BCUT2D eigenvalue weighted by Gasteiger charge is -2.25. The largest absolute Gasteiger partial charge is 0.416 e. The molecule has 0 saturated carbocycles. The van der Waals surface area contributed by atoms with Gasteiger partial charge in [0.25, 0.3) is 0 Å². The molecule has 2 aromatic rings. The maximum Gasteiger partial charge on any atom is 0.416 e. The number of nitrogens with zero attached hydrogens (tertiary/aromatic N) is 5. The van der Waals surface area contributed by atoms with E-state index in [1.165, 1.54) is 17.3 Å². The summed E-state index contributed by atoms with van der Waals surface area (Å²) in [5.74, 6) is 1.12. The number of rotatable bonds is 5. The molecule has 30 heavy (non-hydrogen) atoms. The highest BCUT2D eigenvalue weighted by Crippen LogP contribution is 2.29. The van der Waals surface area contributed by atoms with E-state index in [-0.39, 0.29) is 25.0 Å². The summed E-state index contributed by atoms with van der Waals surface area (Å²) in [6.45, 7) is 0.640. The number of hydrogen-bond donors (Lipinski definition) is 2. The summed E-state index contributed by atoms with van der Waals surface area (Å²) in [4.78, 5) is 22.0. The second-order valence-corrected chi connectivity index (χ2v) is 7.24. The molecule has 8 nitrogen and oxygen atoms in total. The molecule has 0 aliphatic carbocycles. The predicted molar refractivity (Wildman–Crippen MR) is 105 cm³/mol. The van der Waals surface area contributed by atoms with Gasteiger partial charge in [-0.25, -0.2) is 14.7 Å². The Hall–Kier alpha value is -3.11. The van der Waals surface area contributed by atoms with Crippen molar-refractivity contribution in [2.24, 2.45) is 4.99 Å². The average molecular weight is 423 g/mol. The Labute approximate surface area is 172 Å². The maximum absolute atomic E-state index is 12.9. The molecule has 1 amide bonds. The van der Waals surface area contributed by atoms with Crippen molar-refractivity contribution in [3.05, 3.63) is 47.5 Å². The molecule has 0 spiro atoms. The molecule has 3 rings (SSSR count). The number of amides is 1. The number of hydrogen-bond acceptors (Lipinski definition) is 4. The minimum Gasteiger partial charge on any atom is -0.352 e. The van der Waals surface area contributed by atoms with E-state index in [9.17, 15) is 18.0 Å². The summed E-state index contributed by atoms with van der Waals surface area (Å²) in [5, 5.41) is 10.4. The van der Waals surface area contributed by atoms with Gasteiger partial charge in [0.15, 0.2) is 5.96 Å². The van der Waals surface area contributed by atoms with Crippen LogP contribution >= 0.6 is 0 Å². The number of guanidine groups is 1. The standard InChI is InChI=1S/C19H24F3N7O/c1-28(2)17(30)10-24-18(27-15-6-7-16-25-12-26-29(16)11-15)23-9-13-4-3-5-14(8-13)19(20,21)22/h3-5,8,12,15H,6-7,9-11H2,1-2H3,(H2,23,24,27). The van der Waals surface area contributed by atoms with Gasteiger partial charge < -0.3 is 15.5 Å². The first-order valence-electron chi connectivity index (χ1n) is 9.50. The first kappa shape index (κ1) is 21.6. The molecule has 2 heterocycles. The van der Waals surface area contributed by atoms with Crippen LogP contribution in [0.3, 0.4) is 0 Å². The number of carbonyl (C=O) groups excluding carboxylic acids is 1. The van der Waals surface area contributed by atoms with Gasteiger partial charge >= 0.3 is 6.18 Å². The summed E-state index contributed by atoms with van der Waals surface area (Å²) < 4.78 is 40.6. The number of aryl methyl sites for hydroxylation is 1. The molecule has 1 aromatic heterocycles. The van der Waals surface area contributed by atoms with Crippen molar-refractivity contribution < 1.29 is 18.0 Å². The van der Waals surface area contributed by atoms with Crippen LogP contribution in [0.2, 0.25) is 0 Å².